The molecule has 0 radical (unpaired) electrons. The van der Waals surface area contributed by atoms with Crippen LogP contribution in [0, 0.1) is 0 Å². The summed E-state index contributed by atoms with van der Waals surface area (Å²) in [5.74, 6) is -0.188. The second-order valence-electron chi connectivity index (χ2n) is 8.87. The number of nitrogens with one attached hydrogen (secondary N) is 1. The molecule has 1 aromatic heterocycles. The molecule has 1 heterocycles. The molecule has 0 aliphatic heterocycles. The first kappa shape index (κ1) is 26.1. The molecule has 1 amide bonds. The van der Waals surface area contributed by atoms with E-state index < -0.39 is 16.1 Å². The lowest BCUT2D eigenvalue weighted by Gasteiger charge is -2.25. The van der Waals surface area contributed by atoms with Gasteiger partial charge < -0.3 is 10.6 Å². The molecule has 11 heteroatoms. The lowest BCUT2D eigenvalue weighted by atomic mass is 10.1. The minimum atomic E-state index is -3.82. The predicted octanol–water partition coefficient (Wildman–Crippen LogP) is 5.18. The van der Waals surface area contributed by atoms with E-state index in [4.69, 9.17) is 28.9 Å². The third kappa shape index (κ3) is 5.51. The molecule has 0 spiro atoms. The van der Waals surface area contributed by atoms with Crippen LogP contribution < -0.4 is 15.4 Å². The Morgan fingerprint density at radius 3 is 2.53 bits per heavy atom. The summed E-state index contributed by atoms with van der Waals surface area (Å²) in [6.07, 6.45) is 4.40. The van der Waals surface area contributed by atoms with Crippen LogP contribution in [0.4, 0.5) is 11.6 Å². The zero-order chi connectivity index (χ0) is 26.9. The first-order valence-electron chi connectivity index (χ1n) is 11.7. The Morgan fingerprint density at radius 2 is 1.79 bits per heavy atom. The zero-order valence-electron chi connectivity index (χ0n) is 20.0. The number of nitrogen functional groups attached to an aromatic ring is 1. The number of aryl methyl sites for hydroxylation is 1. The second kappa shape index (κ2) is 10.7. The summed E-state index contributed by atoms with van der Waals surface area (Å²) >= 11 is 12.4. The van der Waals surface area contributed by atoms with Gasteiger partial charge in [-0.15, -0.1) is 0 Å². The van der Waals surface area contributed by atoms with Crippen LogP contribution in [0.25, 0.3) is 0 Å². The summed E-state index contributed by atoms with van der Waals surface area (Å²) < 4.78 is 29.0. The molecule has 3 aromatic carbocycles. The van der Waals surface area contributed by atoms with E-state index in [0.717, 1.165) is 11.1 Å². The number of halogens is 2. The first-order valence-corrected chi connectivity index (χ1v) is 14.0. The number of sulfonamides is 1. The largest absolute Gasteiger partial charge is 0.368 e. The van der Waals surface area contributed by atoms with Gasteiger partial charge in [-0.2, -0.15) is 0 Å². The van der Waals surface area contributed by atoms with Crippen LogP contribution in [0.3, 0.4) is 0 Å². The Bertz CT molecular complexity index is 1610. The molecule has 1 aliphatic carbocycles. The van der Waals surface area contributed by atoms with E-state index in [-0.39, 0.29) is 23.3 Å². The minimum Gasteiger partial charge on any atom is -0.368 e. The molecule has 0 saturated carbocycles. The number of nitrogens with zero attached hydrogens (tertiary/aromatic N) is 3. The Balaban J connectivity index is 1.50. The van der Waals surface area contributed by atoms with Crippen molar-refractivity contribution in [1.29, 1.82) is 0 Å². The standard InChI is InChI=1S/C27H23Cl2N5O3S/c28-19-4-3-5-21(12-19)38(36,37)33-25-11-9-18-8-10-20(13-23(18)25)34(16-17-14-31-27(30)32-15-17)26(35)22-6-1-2-7-24(22)29/h1-8,10,12-15,25,33H,9,11,16H2,(H2,30,31,32). The highest BCUT2D eigenvalue weighted by Crippen LogP contribution is 2.36. The van der Waals surface area contributed by atoms with E-state index in [0.29, 0.717) is 39.7 Å². The Hall–Kier alpha value is -3.50. The van der Waals surface area contributed by atoms with Gasteiger partial charge in [0.15, 0.2) is 0 Å². The fraction of sp³-hybridized carbons (Fsp3) is 0.148. The SMILES string of the molecule is Nc1ncc(CN(C(=O)c2ccccc2Cl)c2ccc3c(c2)C(NS(=O)(=O)c2cccc(Cl)c2)CC3)cn1. The van der Waals surface area contributed by atoms with Gasteiger partial charge in [0.25, 0.3) is 5.91 Å². The minimum absolute atomic E-state index is 0.0912. The molecular weight excluding hydrogens is 545 g/mol. The molecule has 1 atom stereocenters. The topological polar surface area (TPSA) is 118 Å². The first-order chi connectivity index (χ1) is 18.2. The van der Waals surface area contributed by atoms with Crippen LogP contribution in [0.1, 0.15) is 39.5 Å². The highest BCUT2D eigenvalue weighted by Gasteiger charge is 2.29. The number of rotatable bonds is 7. The van der Waals surface area contributed by atoms with E-state index in [9.17, 15) is 13.2 Å². The summed E-state index contributed by atoms with van der Waals surface area (Å²) in [6.45, 7) is 0.155. The number of aromatic nitrogens is 2. The van der Waals surface area contributed by atoms with E-state index in [1.165, 1.54) is 12.1 Å². The van der Waals surface area contributed by atoms with Gasteiger partial charge in [-0.1, -0.05) is 47.5 Å². The van der Waals surface area contributed by atoms with Crippen molar-refractivity contribution in [2.24, 2.45) is 0 Å². The molecule has 194 valence electrons. The maximum Gasteiger partial charge on any atom is 0.260 e. The molecule has 0 saturated heterocycles. The molecule has 1 unspecified atom stereocenters. The number of benzene rings is 3. The number of hydrogen-bond donors (Lipinski definition) is 2. The highest BCUT2D eigenvalue weighted by molar-refractivity contribution is 7.89. The molecule has 3 N–H and O–H groups in total. The van der Waals surface area contributed by atoms with Crippen LogP contribution in [-0.4, -0.2) is 24.3 Å². The van der Waals surface area contributed by atoms with Crippen molar-refractivity contribution < 1.29 is 13.2 Å². The van der Waals surface area contributed by atoms with Crippen LogP contribution >= 0.6 is 23.2 Å². The lowest BCUT2D eigenvalue weighted by molar-refractivity contribution is 0.0985. The molecule has 5 rings (SSSR count). The third-order valence-corrected chi connectivity index (χ3v) is 8.37. The highest BCUT2D eigenvalue weighted by atomic mass is 35.5. The predicted molar refractivity (Wildman–Crippen MR) is 148 cm³/mol. The van der Waals surface area contributed by atoms with Gasteiger partial charge in [0.1, 0.15) is 0 Å². The van der Waals surface area contributed by atoms with Crippen molar-refractivity contribution in [3.8, 4) is 0 Å². The number of carbonyl (C=O) groups excluding carboxylic acids is 1. The van der Waals surface area contributed by atoms with Crippen molar-refractivity contribution in [2.75, 3.05) is 10.6 Å². The summed E-state index contributed by atoms with van der Waals surface area (Å²) in [5.41, 5.74) is 9.03. The molecule has 4 aromatic rings. The van der Waals surface area contributed by atoms with E-state index in [2.05, 4.69) is 14.7 Å². The van der Waals surface area contributed by atoms with E-state index >= 15 is 0 Å². The fourth-order valence-electron chi connectivity index (χ4n) is 4.46. The van der Waals surface area contributed by atoms with Gasteiger partial charge in [0, 0.05) is 34.7 Å². The molecular formula is C27H23Cl2N5O3S. The number of nitrogens with two attached hydrogens (primary N) is 1. The Labute approximate surface area is 230 Å². The molecule has 0 bridgehead atoms. The summed E-state index contributed by atoms with van der Waals surface area (Å²) in [7, 11) is -3.82. The number of anilines is 2. The van der Waals surface area contributed by atoms with E-state index in [1.807, 2.05) is 18.2 Å². The summed E-state index contributed by atoms with van der Waals surface area (Å²) in [4.78, 5) is 23.4. The maximum absolute atomic E-state index is 13.7. The quantitative estimate of drug-likeness (QED) is 0.317. The summed E-state index contributed by atoms with van der Waals surface area (Å²) in [6, 6.07) is 18.1. The van der Waals surface area contributed by atoms with Gasteiger partial charge in [-0.3, -0.25) is 4.79 Å². The van der Waals surface area contributed by atoms with Gasteiger partial charge >= 0.3 is 0 Å². The smallest absolute Gasteiger partial charge is 0.260 e. The Morgan fingerprint density at radius 1 is 1.03 bits per heavy atom. The van der Waals surface area contributed by atoms with Gasteiger partial charge in [0.05, 0.1) is 22.0 Å². The number of hydrogen-bond acceptors (Lipinski definition) is 6. The maximum atomic E-state index is 13.7. The monoisotopic (exact) mass is 567 g/mol. The molecule has 38 heavy (non-hydrogen) atoms. The van der Waals surface area contributed by atoms with Crippen LogP contribution in [0.2, 0.25) is 10.0 Å². The zero-order valence-corrected chi connectivity index (χ0v) is 22.3. The van der Waals surface area contributed by atoms with Crippen LogP contribution in [-0.2, 0) is 23.0 Å². The lowest BCUT2D eigenvalue weighted by Crippen LogP contribution is -2.31. The number of amides is 1. The molecule has 8 nitrogen and oxygen atoms in total. The number of fused-ring (bicyclic) bond motifs is 1. The average Bonchev–Trinajstić information content (AvgIpc) is 3.29. The fourth-order valence-corrected chi connectivity index (χ4v) is 6.23. The van der Waals surface area contributed by atoms with Crippen molar-refractivity contribution >= 4 is 50.8 Å². The van der Waals surface area contributed by atoms with Gasteiger partial charge in [-0.25, -0.2) is 23.1 Å². The van der Waals surface area contributed by atoms with Gasteiger partial charge in [0.2, 0.25) is 16.0 Å². The molecule has 0 fully saturated rings. The average molecular weight is 568 g/mol. The van der Waals surface area contributed by atoms with Crippen molar-refractivity contribution in [1.82, 2.24) is 14.7 Å². The summed E-state index contributed by atoms with van der Waals surface area (Å²) in [5, 5.41) is 0.659. The normalized spacial score (nSPS) is 14.7. The molecule has 1 aliphatic rings. The van der Waals surface area contributed by atoms with E-state index in [1.54, 1.807) is 53.7 Å². The second-order valence-corrected chi connectivity index (χ2v) is 11.4. The third-order valence-electron chi connectivity index (χ3n) is 6.34. The Kier molecular flexibility index (Phi) is 7.36. The number of carbonyl (C=O) groups is 1. The van der Waals surface area contributed by atoms with Crippen LogP contribution in [0.15, 0.2) is 84.0 Å². The van der Waals surface area contributed by atoms with Gasteiger partial charge in [-0.05, 0) is 66.4 Å². The van der Waals surface area contributed by atoms with Crippen molar-refractivity contribution in [2.45, 2.75) is 30.3 Å². The van der Waals surface area contributed by atoms with Crippen molar-refractivity contribution in [3.05, 3.63) is 111 Å². The van der Waals surface area contributed by atoms with Crippen molar-refractivity contribution in [3.63, 3.8) is 0 Å². The van der Waals surface area contributed by atoms with Crippen LogP contribution in [0.5, 0.6) is 0 Å².